The van der Waals surface area contributed by atoms with Gasteiger partial charge in [0.25, 0.3) is 5.69 Å². The molecular weight excluding hydrogens is 312 g/mol. The molecule has 0 saturated heterocycles. The number of furan rings is 1. The summed E-state index contributed by atoms with van der Waals surface area (Å²) in [6.07, 6.45) is 0.832. The van der Waals surface area contributed by atoms with Crippen LogP contribution in [-0.2, 0) is 13.0 Å². The quantitative estimate of drug-likeness (QED) is 0.663. The number of hydrogen-bond donors (Lipinski definition) is 1. The van der Waals surface area contributed by atoms with Gasteiger partial charge in [0.15, 0.2) is 0 Å². The number of nitrogens with zero attached hydrogens (tertiary/aromatic N) is 1. The Hall–Kier alpha value is -1.82. The van der Waals surface area contributed by atoms with Gasteiger partial charge < -0.3 is 9.73 Å². The first-order chi connectivity index (χ1) is 9.10. The van der Waals surface area contributed by atoms with Crippen LogP contribution in [0, 0.1) is 10.1 Å². The van der Waals surface area contributed by atoms with E-state index >= 15 is 0 Å². The minimum absolute atomic E-state index is 0.0386. The van der Waals surface area contributed by atoms with Crippen molar-refractivity contribution < 1.29 is 9.34 Å². The Bertz CT molecular complexity index is 595. The van der Waals surface area contributed by atoms with Crippen LogP contribution in [0.25, 0.3) is 0 Å². The molecule has 1 aromatic carbocycles. The van der Waals surface area contributed by atoms with Crippen LogP contribution in [0.3, 0.4) is 0 Å². The summed E-state index contributed by atoms with van der Waals surface area (Å²) in [6.45, 7) is 2.43. The fraction of sp³-hybridized carbons (Fsp3) is 0.231. The summed E-state index contributed by atoms with van der Waals surface area (Å²) in [6, 6.07) is 8.69. The average Bonchev–Trinajstić information content (AvgIpc) is 2.85. The minimum atomic E-state index is -0.410. The Balaban J connectivity index is 2.12. The van der Waals surface area contributed by atoms with Gasteiger partial charge >= 0.3 is 0 Å². The van der Waals surface area contributed by atoms with E-state index in [0.29, 0.717) is 16.7 Å². The second-order valence-electron chi connectivity index (χ2n) is 3.99. The first-order valence-electron chi connectivity index (χ1n) is 5.85. The van der Waals surface area contributed by atoms with Crippen LogP contribution in [0.2, 0.25) is 0 Å². The highest BCUT2D eigenvalue weighted by Crippen LogP contribution is 2.28. The van der Waals surface area contributed by atoms with Crippen molar-refractivity contribution in [3.8, 4) is 0 Å². The van der Waals surface area contributed by atoms with Crippen molar-refractivity contribution in [1.29, 1.82) is 0 Å². The van der Waals surface area contributed by atoms with E-state index in [-0.39, 0.29) is 5.69 Å². The maximum atomic E-state index is 11.0. The summed E-state index contributed by atoms with van der Waals surface area (Å²) in [4.78, 5) is 10.5. The predicted molar refractivity (Wildman–Crippen MR) is 76.2 cm³/mol. The highest BCUT2D eigenvalue weighted by atomic mass is 79.9. The molecule has 1 aromatic heterocycles. The number of hydrogen-bond acceptors (Lipinski definition) is 4. The fourth-order valence-corrected chi connectivity index (χ4v) is 2.04. The van der Waals surface area contributed by atoms with Crippen LogP contribution in [0.5, 0.6) is 0 Å². The second kappa shape index (κ2) is 5.88. The lowest BCUT2D eigenvalue weighted by molar-refractivity contribution is -0.384. The molecule has 0 amide bonds. The monoisotopic (exact) mass is 324 g/mol. The van der Waals surface area contributed by atoms with Gasteiger partial charge in [0.1, 0.15) is 17.2 Å². The van der Waals surface area contributed by atoms with Gasteiger partial charge in [0.2, 0.25) is 0 Å². The van der Waals surface area contributed by atoms with Crippen LogP contribution in [-0.4, -0.2) is 4.92 Å². The topological polar surface area (TPSA) is 68.3 Å². The third kappa shape index (κ3) is 3.35. The number of benzene rings is 1. The van der Waals surface area contributed by atoms with E-state index in [9.17, 15) is 10.1 Å². The number of anilines is 1. The van der Waals surface area contributed by atoms with Gasteiger partial charge in [-0.1, -0.05) is 22.9 Å². The van der Waals surface area contributed by atoms with Crippen molar-refractivity contribution in [2.75, 3.05) is 5.32 Å². The zero-order valence-corrected chi connectivity index (χ0v) is 11.9. The summed E-state index contributed by atoms with van der Waals surface area (Å²) in [7, 11) is 0. The highest BCUT2D eigenvalue weighted by Gasteiger charge is 2.14. The molecule has 0 aliphatic carbocycles. The zero-order chi connectivity index (χ0) is 13.8. The van der Waals surface area contributed by atoms with E-state index in [2.05, 4.69) is 21.2 Å². The van der Waals surface area contributed by atoms with Crippen molar-refractivity contribution in [3.63, 3.8) is 0 Å². The Kier molecular flexibility index (Phi) is 4.21. The SMILES string of the molecule is CCc1ccc(CNc2ccc(Br)cc2[N+](=O)[O-])o1. The molecule has 6 heteroatoms. The normalized spacial score (nSPS) is 10.4. The van der Waals surface area contributed by atoms with E-state index < -0.39 is 4.92 Å². The fourth-order valence-electron chi connectivity index (χ4n) is 1.70. The molecule has 1 N–H and O–H groups in total. The van der Waals surface area contributed by atoms with Crippen LogP contribution < -0.4 is 5.32 Å². The molecule has 0 fully saturated rings. The van der Waals surface area contributed by atoms with Gasteiger partial charge in [0.05, 0.1) is 11.5 Å². The Morgan fingerprint density at radius 3 is 2.68 bits per heavy atom. The van der Waals surface area contributed by atoms with Crippen LogP contribution in [0.15, 0.2) is 39.2 Å². The lowest BCUT2D eigenvalue weighted by Gasteiger charge is -2.05. The summed E-state index contributed by atoms with van der Waals surface area (Å²) < 4.78 is 6.21. The molecule has 0 saturated carbocycles. The smallest absolute Gasteiger partial charge is 0.293 e. The Labute approximate surface area is 118 Å². The molecular formula is C13H13BrN2O3. The molecule has 0 atom stereocenters. The van der Waals surface area contributed by atoms with E-state index in [0.717, 1.165) is 17.9 Å². The minimum Gasteiger partial charge on any atom is -0.464 e. The number of aryl methyl sites for hydroxylation is 1. The van der Waals surface area contributed by atoms with Crippen molar-refractivity contribution >= 4 is 27.3 Å². The third-order valence-electron chi connectivity index (χ3n) is 2.68. The molecule has 0 bridgehead atoms. The summed E-state index contributed by atoms with van der Waals surface area (Å²) in [5, 5.41) is 14.0. The van der Waals surface area contributed by atoms with Gasteiger partial charge in [-0.05, 0) is 24.3 Å². The number of nitro groups is 1. The Morgan fingerprint density at radius 1 is 1.32 bits per heavy atom. The predicted octanol–water partition coefficient (Wildman–Crippen LogP) is 4.12. The van der Waals surface area contributed by atoms with E-state index in [1.54, 1.807) is 12.1 Å². The van der Waals surface area contributed by atoms with Gasteiger partial charge in [-0.3, -0.25) is 10.1 Å². The van der Waals surface area contributed by atoms with Crippen molar-refractivity contribution in [1.82, 2.24) is 0 Å². The largest absolute Gasteiger partial charge is 0.464 e. The van der Waals surface area contributed by atoms with E-state index in [4.69, 9.17) is 4.42 Å². The molecule has 2 rings (SSSR count). The standard InChI is InChI=1S/C13H13BrN2O3/c1-2-10-4-5-11(19-10)8-15-12-6-3-9(14)7-13(12)16(17)18/h3-7,15H,2,8H2,1H3. The van der Waals surface area contributed by atoms with Crippen molar-refractivity contribution in [2.45, 2.75) is 19.9 Å². The summed E-state index contributed by atoms with van der Waals surface area (Å²) in [5.41, 5.74) is 0.513. The zero-order valence-electron chi connectivity index (χ0n) is 10.4. The van der Waals surface area contributed by atoms with Crippen LogP contribution >= 0.6 is 15.9 Å². The van der Waals surface area contributed by atoms with Crippen LogP contribution in [0.1, 0.15) is 18.4 Å². The van der Waals surface area contributed by atoms with Crippen LogP contribution in [0.4, 0.5) is 11.4 Å². The first-order valence-corrected chi connectivity index (χ1v) is 6.65. The second-order valence-corrected chi connectivity index (χ2v) is 4.91. The van der Waals surface area contributed by atoms with Crippen molar-refractivity contribution in [2.24, 2.45) is 0 Å². The van der Waals surface area contributed by atoms with Gasteiger partial charge in [-0.2, -0.15) is 0 Å². The molecule has 19 heavy (non-hydrogen) atoms. The van der Waals surface area contributed by atoms with Gasteiger partial charge in [0, 0.05) is 17.0 Å². The molecule has 0 spiro atoms. The number of rotatable bonds is 5. The van der Waals surface area contributed by atoms with Gasteiger partial charge in [-0.15, -0.1) is 0 Å². The molecule has 5 nitrogen and oxygen atoms in total. The molecule has 100 valence electrons. The summed E-state index contributed by atoms with van der Waals surface area (Å²) >= 11 is 3.22. The molecule has 0 radical (unpaired) electrons. The number of halogens is 1. The molecule has 1 heterocycles. The maximum absolute atomic E-state index is 11.0. The molecule has 0 aliphatic heterocycles. The maximum Gasteiger partial charge on any atom is 0.293 e. The lowest BCUT2D eigenvalue weighted by atomic mass is 10.2. The molecule has 0 aliphatic rings. The Morgan fingerprint density at radius 2 is 2.05 bits per heavy atom. The summed E-state index contributed by atoms with van der Waals surface area (Å²) in [5.74, 6) is 1.66. The lowest BCUT2D eigenvalue weighted by Crippen LogP contribution is -2.01. The number of nitro benzene ring substituents is 1. The molecule has 2 aromatic rings. The first kappa shape index (κ1) is 13.6. The van der Waals surface area contributed by atoms with E-state index in [1.807, 2.05) is 19.1 Å². The van der Waals surface area contributed by atoms with Gasteiger partial charge in [-0.25, -0.2) is 0 Å². The molecule has 0 unspecified atom stereocenters. The average molecular weight is 325 g/mol. The highest BCUT2D eigenvalue weighted by molar-refractivity contribution is 9.10. The van der Waals surface area contributed by atoms with E-state index in [1.165, 1.54) is 6.07 Å². The van der Waals surface area contributed by atoms with Crippen molar-refractivity contribution in [3.05, 3.63) is 56.4 Å². The number of nitrogens with one attached hydrogen (secondary N) is 1. The third-order valence-corrected chi connectivity index (χ3v) is 3.17.